The Balaban J connectivity index is 1.78. The summed E-state index contributed by atoms with van der Waals surface area (Å²) in [5.74, 6) is 0.0964. The van der Waals surface area contributed by atoms with Gasteiger partial charge in [-0.15, -0.1) is 11.3 Å². The molecular formula is C12H17BrN2OS. The first kappa shape index (κ1) is 13.1. The van der Waals surface area contributed by atoms with Crippen molar-refractivity contribution in [3.8, 4) is 0 Å². The van der Waals surface area contributed by atoms with Crippen molar-refractivity contribution in [3.63, 3.8) is 0 Å². The minimum Gasteiger partial charge on any atom is -0.355 e. The fraction of sp³-hybridized carbons (Fsp3) is 0.583. The zero-order valence-corrected chi connectivity index (χ0v) is 12.1. The molecule has 1 heterocycles. The lowest BCUT2D eigenvalue weighted by Crippen LogP contribution is -2.47. The second-order valence-electron chi connectivity index (χ2n) is 4.74. The van der Waals surface area contributed by atoms with Crippen molar-refractivity contribution in [2.24, 2.45) is 11.1 Å². The van der Waals surface area contributed by atoms with Crippen LogP contribution in [-0.2, 0) is 11.2 Å². The van der Waals surface area contributed by atoms with E-state index < -0.39 is 0 Å². The van der Waals surface area contributed by atoms with Crippen LogP contribution in [0.3, 0.4) is 0 Å². The fourth-order valence-electron chi connectivity index (χ4n) is 2.08. The number of nitrogens with two attached hydrogens (primary N) is 1. The molecule has 0 saturated heterocycles. The maximum absolute atomic E-state index is 11.8. The van der Waals surface area contributed by atoms with Gasteiger partial charge in [-0.25, -0.2) is 0 Å². The molecule has 0 aromatic carbocycles. The highest BCUT2D eigenvalue weighted by atomic mass is 79.9. The van der Waals surface area contributed by atoms with Crippen molar-refractivity contribution in [2.75, 3.05) is 13.1 Å². The molecule has 1 aromatic heterocycles. The number of carbonyl (C=O) groups excluding carboxylic acids is 1. The highest BCUT2D eigenvalue weighted by Crippen LogP contribution is 2.39. The molecule has 1 aliphatic carbocycles. The van der Waals surface area contributed by atoms with Crippen molar-refractivity contribution < 1.29 is 4.79 Å². The highest BCUT2D eigenvalue weighted by molar-refractivity contribution is 9.10. The number of hydrogen-bond donors (Lipinski definition) is 2. The predicted molar refractivity (Wildman–Crippen MR) is 74.1 cm³/mol. The SMILES string of the molecule is NCC1(CNC(=O)Cc2cc(Br)cs2)CCC1. The first-order valence-corrected chi connectivity index (χ1v) is 7.50. The molecule has 1 amide bonds. The molecule has 94 valence electrons. The molecule has 1 saturated carbocycles. The van der Waals surface area contributed by atoms with E-state index in [1.54, 1.807) is 11.3 Å². The smallest absolute Gasteiger partial charge is 0.225 e. The van der Waals surface area contributed by atoms with Crippen LogP contribution in [0.2, 0.25) is 0 Å². The normalized spacial score (nSPS) is 17.5. The molecule has 0 spiro atoms. The lowest BCUT2D eigenvalue weighted by molar-refractivity contribution is -0.121. The summed E-state index contributed by atoms with van der Waals surface area (Å²) >= 11 is 4.99. The summed E-state index contributed by atoms with van der Waals surface area (Å²) < 4.78 is 1.04. The van der Waals surface area contributed by atoms with Gasteiger partial charge in [0.05, 0.1) is 6.42 Å². The Morgan fingerprint density at radius 3 is 2.82 bits per heavy atom. The van der Waals surface area contributed by atoms with Crippen LogP contribution in [0.4, 0.5) is 0 Å². The van der Waals surface area contributed by atoms with E-state index in [1.165, 1.54) is 6.42 Å². The van der Waals surface area contributed by atoms with Gasteiger partial charge >= 0.3 is 0 Å². The second-order valence-corrected chi connectivity index (χ2v) is 6.65. The summed E-state index contributed by atoms with van der Waals surface area (Å²) in [5, 5.41) is 5.00. The van der Waals surface area contributed by atoms with Crippen molar-refractivity contribution >= 4 is 33.2 Å². The van der Waals surface area contributed by atoms with Gasteiger partial charge in [0.25, 0.3) is 0 Å². The van der Waals surface area contributed by atoms with E-state index in [0.29, 0.717) is 13.0 Å². The number of nitrogens with one attached hydrogen (secondary N) is 1. The molecule has 3 N–H and O–H groups in total. The molecule has 0 radical (unpaired) electrons. The third-order valence-electron chi connectivity index (χ3n) is 3.46. The minimum absolute atomic E-state index is 0.0964. The Morgan fingerprint density at radius 1 is 1.59 bits per heavy atom. The molecule has 0 aliphatic heterocycles. The third kappa shape index (κ3) is 3.30. The van der Waals surface area contributed by atoms with E-state index in [4.69, 9.17) is 5.73 Å². The van der Waals surface area contributed by atoms with Crippen LogP contribution in [0.25, 0.3) is 0 Å². The zero-order chi connectivity index (χ0) is 12.3. The molecule has 1 aromatic rings. The minimum atomic E-state index is 0.0964. The lowest BCUT2D eigenvalue weighted by Gasteiger charge is -2.41. The second kappa shape index (κ2) is 5.50. The average Bonchev–Trinajstić information content (AvgIpc) is 2.63. The predicted octanol–water partition coefficient (Wildman–Crippen LogP) is 2.30. The van der Waals surface area contributed by atoms with E-state index in [-0.39, 0.29) is 11.3 Å². The lowest BCUT2D eigenvalue weighted by atomic mass is 9.69. The topological polar surface area (TPSA) is 55.1 Å². The van der Waals surface area contributed by atoms with Crippen molar-refractivity contribution in [3.05, 3.63) is 20.8 Å². The van der Waals surface area contributed by atoms with Crippen molar-refractivity contribution in [1.82, 2.24) is 5.32 Å². The van der Waals surface area contributed by atoms with E-state index in [0.717, 1.165) is 28.7 Å². The van der Waals surface area contributed by atoms with Crippen LogP contribution >= 0.6 is 27.3 Å². The van der Waals surface area contributed by atoms with Gasteiger partial charge in [-0.05, 0) is 46.8 Å². The molecule has 5 heteroatoms. The number of rotatable bonds is 5. The summed E-state index contributed by atoms with van der Waals surface area (Å²) in [6, 6.07) is 1.99. The van der Waals surface area contributed by atoms with E-state index >= 15 is 0 Å². The Labute approximate surface area is 114 Å². The van der Waals surface area contributed by atoms with Gasteiger partial charge in [0.15, 0.2) is 0 Å². The van der Waals surface area contributed by atoms with Crippen LogP contribution in [0.15, 0.2) is 15.9 Å². The number of carbonyl (C=O) groups is 1. The largest absolute Gasteiger partial charge is 0.355 e. The van der Waals surface area contributed by atoms with Gasteiger partial charge in [0, 0.05) is 21.3 Å². The molecule has 17 heavy (non-hydrogen) atoms. The van der Waals surface area contributed by atoms with Crippen LogP contribution in [0, 0.1) is 5.41 Å². The van der Waals surface area contributed by atoms with Gasteiger partial charge in [0.1, 0.15) is 0 Å². The monoisotopic (exact) mass is 316 g/mol. The quantitative estimate of drug-likeness (QED) is 0.875. The molecule has 1 fully saturated rings. The van der Waals surface area contributed by atoms with Crippen LogP contribution < -0.4 is 11.1 Å². The van der Waals surface area contributed by atoms with Crippen LogP contribution in [0.1, 0.15) is 24.1 Å². The van der Waals surface area contributed by atoms with Gasteiger partial charge < -0.3 is 11.1 Å². The summed E-state index contributed by atoms with van der Waals surface area (Å²) in [4.78, 5) is 12.9. The first-order valence-electron chi connectivity index (χ1n) is 5.83. The van der Waals surface area contributed by atoms with Crippen LogP contribution in [-0.4, -0.2) is 19.0 Å². The average molecular weight is 317 g/mol. The summed E-state index contributed by atoms with van der Waals surface area (Å²) in [6.45, 7) is 1.41. The van der Waals surface area contributed by atoms with E-state index in [2.05, 4.69) is 21.2 Å². The first-order chi connectivity index (χ1) is 8.13. The molecule has 0 bridgehead atoms. The molecule has 0 atom stereocenters. The highest BCUT2D eigenvalue weighted by Gasteiger charge is 2.35. The molecular weight excluding hydrogens is 300 g/mol. The molecule has 3 nitrogen and oxygen atoms in total. The summed E-state index contributed by atoms with van der Waals surface area (Å²) in [7, 11) is 0. The summed E-state index contributed by atoms with van der Waals surface area (Å²) in [6.07, 6.45) is 4.00. The molecule has 1 aliphatic rings. The van der Waals surface area contributed by atoms with Crippen molar-refractivity contribution in [2.45, 2.75) is 25.7 Å². The fourth-order valence-corrected chi connectivity index (χ4v) is 3.53. The Morgan fingerprint density at radius 2 is 2.35 bits per heavy atom. The standard InChI is InChI=1S/C12H17BrN2OS/c13-9-4-10(17-6-9)5-11(16)15-8-12(7-14)2-1-3-12/h4,6H,1-3,5,7-8,14H2,(H,15,16). The number of thiophene rings is 1. The Hall–Kier alpha value is -0.390. The van der Waals surface area contributed by atoms with Crippen LogP contribution in [0.5, 0.6) is 0 Å². The van der Waals surface area contributed by atoms with Gasteiger partial charge in [-0.3, -0.25) is 4.79 Å². The van der Waals surface area contributed by atoms with Crippen molar-refractivity contribution in [1.29, 1.82) is 0 Å². The maximum atomic E-state index is 11.8. The number of amides is 1. The summed E-state index contributed by atoms with van der Waals surface area (Å²) in [5.41, 5.74) is 5.94. The zero-order valence-electron chi connectivity index (χ0n) is 9.67. The van der Waals surface area contributed by atoms with E-state index in [9.17, 15) is 4.79 Å². The Bertz CT molecular complexity index is 395. The van der Waals surface area contributed by atoms with Gasteiger partial charge in [0.2, 0.25) is 5.91 Å². The molecule has 0 unspecified atom stereocenters. The third-order valence-corrected chi connectivity index (χ3v) is 5.16. The molecule has 2 rings (SSSR count). The Kier molecular flexibility index (Phi) is 4.22. The maximum Gasteiger partial charge on any atom is 0.225 e. The van der Waals surface area contributed by atoms with Gasteiger partial charge in [-0.1, -0.05) is 6.42 Å². The van der Waals surface area contributed by atoms with Gasteiger partial charge in [-0.2, -0.15) is 0 Å². The number of hydrogen-bond acceptors (Lipinski definition) is 3. The number of halogens is 1. The van der Waals surface area contributed by atoms with E-state index in [1.807, 2.05) is 11.4 Å².